The van der Waals surface area contributed by atoms with Crippen LogP contribution < -0.4 is 0 Å². The standard InChI is InChI=1S/C23H26FNO.ClH/c1-17-15-22(19-7-4-3-5-8-19)25(16-18(17)2)14-6-9-23(26)20-10-12-21(24)13-11-20;/h3-5,7-8,10-13,22H,6,9,14-16H2,1-2H3;1H. The van der Waals surface area contributed by atoms with E-state index in [-0.39, 0.29) is 24.0 Å². The molecule has 0 radical (unpaired) electrons. The summed E-state index contributed by atoms with van der Waals surface area (Å²) >= 11 is 0. The van der Waals surface area contributed by atoms with Crippen molar-refractivity contribution < 1.29 is 9.18 Å². The Kier molecular flexibility index (Phi) is 7.76. The minimum Gasteiger partial charge on any atom is -0.294 e. The summed E-state index contributed by atoms with van der Waals surface area (Å²) in [7, 11) is 0. The topological polar surface area (TPSA) is 20.3 Å². The Morgan fingerprint density at radius 3 is 2.37 bits per heavy atom. The maximum absolute atomic E-state index is 13.0. The molecule has 144 valence electrons. The molecular formula is C23H27ClFNO. The lowest BCUT2D eigenvalue weighted by Gasteiger charge is -2.37. The minimum atomic E-state index is -0.307. The van der Waals surface area contributed by atoms with Crippen LogP contribution in [0.1, 0.15) is 55.1 Å². The van der Waals surface area contributed by atoms with Crippen LogP contribution in [0.5, 0.6) is 0 Å². The van der Waals surface area contributed by atoms with E-state index in [4.69, 9.17) is 0 Å². The number of halogens is 2. The van der Waals surface area contributed by atoms with Crippen LogP contribution in [-0.2, 0) is 0 Å². The predicted molar refractivity (Wildman–Crippen MR) is 111 cm³/mol. The van der Waals surface area contributed by atoms with Gasteiger partial charge in [-0.15, -0.1) is 12.4 Å². The lowest BCUT2D eigenvalue weighted by Crippen LogP contribution is -2.35. The third kappa shape index (κ3) is 5.50. The maximum Gasteiger partial charge on any atom is 0.162 e. The summed E-state index contributed by atoms with van der Waals surface area (Å²) in [5.41, 5.74) is 4.83. The highest BCUT2D eigenvalue weighted by Crippen LogP contribution is 2.34. The van der Waals surface area contributed by atoms with Gasteiger partial charge in [-0.2, -0.15) is 0 Å². The molecule has 1 unspecified atom stereocenters. The number of carbonyl (C=O) groups is 1. The van der Waals surface area contributed by atoms with E-state index in [1.54, 1.807) is 12.1 Å². The van der Waals surface area contributed by atoms with Crippen LogP contribution in [0.3, 0.4) is 0 Å². The van der Waals surface area contributed by atoms with E-state index in [1.807, 2.05) is 6.07 Å². The summed E-state index contributed by atoms with van der Waals surface area (Å²) in [4.78, 5) is 14.8. The fourth-order valence-corrected chi connectivity index (χ4v) is 3.60. The number of nitrogens with zero attached hydrogens (tertiary/aromatic N) is 1. The Morgan fingerprint density at radius 1 is 1.04 bits per heavy atom. The molecule has 0 fully saturated rings. The Bertz CT molecular complexity index is 786. The first-order valence-corrected chi connectivity index (χ1v) is 9.27. The molecule has 27 heavy (non-hydrogen) atoms. The van der Waals surface area contributed by atoms with Crippen LogP contribution in [0.4, 0.5) is 4.39 Å². The van der Waals surface area contributed by atoms with Gasteiger partial charge in [0.1, 0.15) is 5.82 Å². The van der Waals surface area contributed by atoms with Gasteiger partial charge < -0.3 is 0 Å². The van der Waals surface area contributed by atoms with Crippen molar-refractivity contribution in [2.24, 2.45) is 0 Å². The second kappa shape index (κ2) is 9.82. The second-order valence-corrected chi connectivity index (χ2v) is 7.20. The number of Topliss-reactive ketones (excluding diaryl/α,β-unsaturated/α-hetero) is 1. The number of ketones is 1. The third-order valence-electron chi connectivity index (χ3n) is 5.31. The van der Waals surface area contributed by atoms with Crippen molar-refractivity contribution in [1.29, 1.82) is 0 Å². The number of hydrogen-bond acceptors (Lipinski definition) is 2. The summed E-state index contributed by atoms with van der Waals surface area (Å²) in [6.07, 6.45) is 2.35. The van der Waals surface area contributed by atoms with Gasteiger partial charge in [0.15, 0.2) is 5.78 Å². The molecule has 2 aromatic rings. The SMILES string of the molecule is CC1=C(C)CN(CCCC(=O)c2ccc(F)cc2)C(c2ccccc2)C1.Cl. The molecule has 1 aliphatic heterocycles. The molecule has 2 aromatic carbocycles. The second-order valence-electron chi connectivity index (χ2n) is 7.20. The average molecular weight is 388 g/mol. The summed E-state index contributed by atoms with van der Waals surface area (Å²) in [5.74, 6) is -0.222. The van der Waals surface area contributed by atoms with E-state index in [0.29, 0.717) is 18.0 Å². The highest BCUT2D eigenvalue weighted by molar-refractivity contribution is 5.95. The molecule has 0 aromatic heterocycles. The highest BCUT2D eigenvalue weighted by atomic mass is 35.5. The Morgan fingerprint density at radius 2 is 1.70 bits per heavy atom. The first-order valence-electron chi connectivity index (χ1n) is 9.27. The van der Waals surface area contributed by atoms with Gasteiger partial charge in [0.25, 0.3) is 0 Å². The van der Waals surface area contributed by atoms with Gasteiger partial charge in [0, 0.05) is 24.6 Å². The summed E-state index contributed by atoms with van der Waals surface area (Å²) < 4.78 is 13.0. The summed E-state index contributed by atoms with van der Waals surface area (Å²) in [5, 5.41) is 0. The molecule has 1 heterocycles. The van der Waals surface area contributed by atoms with Gasteiger partial charge in [-0.1, -0.05) is 41.5 Å². The molecule has 0 aliphatic carbocycles. The van der Waals surface area contributed by atoms with Gasteiger partial charge in [-0.05, 0) is 63.1 Å². The largest absolute Gasteiger partial charge is 0.294 e. The van der Waals surface area contributed by atoms with Crippen LogP contribution in [0.15, 0.2) is 65.7 Å². The van der Waals surface area contributed by atoms with E-state index in [1.165, 1.54) is 28.8 Å². The molecule has 0 spiro atoms. The van der Waals surface area contributed by atoms with Crippen LogP contribution in [-0.4, -0.2) is 23.8 Å². The van der Waals surface area contributed by atoms with Gasteiger partial charge in [-0.25, -0.2) is 4.39 Å². The maximum atomic E-state index is 13.0. The van der Waals surface area contributed by atoms with E-state index in [9.17, 15) is 9.18 Å². The van der Waals surface area contributed by atoms with E-state index in [0.717, 1.165) is 25.9 Å². The monoisotopic (exact) mass is 387 g/mol. The predicted octanol–water partition coefficient (Wildman–Crippen LogP) is 5.99. The van der Waals surface area contributed by atoms with Gasteiger partial charge in [0.2, 0.25) is 0 Å². The molecule has 1 aliphatic rings. The molecular weight excluding hydrogens is 361 g/mol. The molecule has 0 saturated carbocycles. The number of carbonyl (C=O) groups excluding carboxylic acids is 1. The first kappa shape index (κ1) is 21.3. The van der Waals surface area contributed by atoms with Crippen molar-refractivity contribution in [3.05, 3.63) is 82.7 Å². The normalized spacial score (nSPS) is 17.5. The van der Waals surface area contributed by atoms with Crippen LogP contribution in [0, 0.1) is 5.82 Å². The number of rotatable bonds is 6. The fraction of sp³-hybridized carbons (Fsp3) is 0.348. The van der Waals surface area contributed by atoms with Crippen LogP contribution >= 0.6 is 12.4 Å². The smallest absolute Gasteiger partial charge is 0.162 e. The molecule has 0 bridgehead atoms. The molecule has 4 heteroatoms. The van der Waals surface area contributed by atoms with Crippen LogP contribution in [0.2, 0.25) is 0 Å². The van der Waals surface area contributed by atoms with Crippen molar-refractivity contribution in [3.63, 3.8) is 0 Å². The minimum absolute atomic E-state index is 0. The zero-order valence-electron chi connectivity index (χ0n) is 16.0. The summed E-state index contributed by atoms with van der Waals surface area (Å²) in [6.45, 7) is 6.27. The van der Waals surface area contributed by atoms with Crippen molar-refractivity contribution in [2.45, 2.75) is 39.2 Å². The molecule has 1 atom stereocenters. The van der Waals surface area contributed by atoms with Crippen molar-refractivity contribution >= 4 is 18.2 Å². The Labute approximate surface area is 167 Å². The Hall–Kier alpha value is -1.97. The van der Waals surface area contributed by atoms with E-state index in [2.05, 4.69) is 43.0 Å². The van der Waals surface area contributed by atoms with Crippen molar-refractivity contribution in [2.75, 3.05) is 13.1 Å². The lowest BCUT2D eigenvalue weighted by atomic mass is 9.91. The third-order valence-corrected chi connectivity index (χ3v) is 5.31. The number of benzene rings is 2. The molecule has 0 N–H and O–H groups in total. The zero-order valence-corrected chi connectivity index (χ0v) is 16.8. The molecule has 3 rings (SSSR count). The molecule has 2 nitrogen and oxygen atoms in total. The first-order chi connectivity index (χ1) is 12.5. The zero-order chi connectivity index (χ0) is 18.5. The number of hydrogen-bond donors (Lipinski definition) is 0. The van der Waals surface area contributed by atoms with Crippen molar-refractivity contribution in [1.82, 2.24) is 4.90 Å². The highest BCUT2D eigenvalue weighted by Gasteiger charge is 2.25. The van der Waals surface area contributed by atoms with Gasteiger partial charge in [-0.3, -0.25) is 9.69 Å². The van der Waals surface area contributed by atoms with E-state index >= 15 is 0 Å². The quantitative estimate of drug-likeness (QED) is 0.448. The van der Waals surface area contributed by atoms with Gasteiger partial charge >= 0.3 is 0 Å². The average Bonchev–Trinajstić information content (AvgIpc) is 2.65. The Balaban J connectivity index is 0.00000261. The van der Waals surface area contributed by atoms with Crippen molar-refractivity contribution in [3.8, 4) is 0 Å². The van der Waals surface area contributed by atoms with Gasteiger partial charge in [0.05, 0.1) is 0 Å². The van der Waals surface area contributed by atoms with Crippen LogP contribution in [0.25, 0.3) is 0 Å². The fourth-order valence-electron chi connectivity index (χ4n) is 3.60. The molecule has 0 saturated heterocycles. The summed E-state index contributed by atoms with van der Waals surface area (Å²) in [6, 6.07) is 16.8. The molecule has 0 amide bonds. The van der Waals surface area contributed by atoms with E-state index < -0.39 is 0 Å². The lowest BCUT2D eigenvalue weighted by molar-refractivity contribution is 0.0970.